The van der Waals surface area contributed by atoms with Gasteiger partial charge in [0.05, 0.1) is 12.7 Å². The summed E-state index contributed by atoms with van der Waals surface area (Å²) in [6, 6.07) is 0.725. The normalized spacial score (nSPS) is 26.5. The van der Waals surface area contributed by atoms with Crippen molar-refractivity contribution in [3.8, 4) is 0 Å². The molecule has 0 aromatic rings. The Bertz CT molecular complexity index is 228. The van der Waals surface area contributed by atoms with Crippen LogP contribution >= 0.6 is 0 Å². The standard InChI is InChI=1S/C14H28N2O2/c1-2-18-11-14(17)10-16(13-5-6-13)9-12-4-3-7-15-8-12/h12-15,17H,2-11H2,1H3. The van der Waals surface area contributed by atoms with Crippen LogP contribution < -0.4 is 5.32 Å². The fourth-order valence-corrected chi connectivity index (χ4v) is 2.80. The number of nitrogens with one attached hydrogen (secondary N) is 1. The zero-order valence-electron chi connectivity index (χ0n) is 11.6. The van der Waals surface area contributed by atoms with Gasteiger partial charge in [-0.3, -0.25) is 4.90 Å². The van der Waals surface area contributed by atoms with Gasteiger partial charge in [-0.15, -0.1) is 0 Å². The summed E-state index contributed by atoms with van der Waals surface area (Å²) < 4.78 is 5.30. The van der Waals surface area contributed by atoms with Crippen LogP contribution in [0.25, 0.3) is 0 Å². The summed E-state index contributed by atoms with van der Waals surface area (Å²) in [6.07, 6.45) is 4.91. The molecular formula is C14H28N2O2. The summed E-state index contributed by atoms with van der Waals surface area (Å²) in [5.41, 5.74) is 0. The van der Waals surface area contributed by atoms with Gasteiger partial charge in [-0.2, -0.15) is 0 Å². The molecule has 2 fully saturated rings. The van der Waals surface area contributed by atoms with Crippen LogP contribution in [0.1, 0.15) is 32.6 Å². The second-order valence-corrected chi connectivity index (χ2v) is 5.71. The molecule has 2 atom stereocenters. The van der Waals surface area contributed by atoms with Crippen molar-refractivity contribution in [2.24, 2.45) is 5.92 Å². The Morgan fingerprint density at radius 1 is 1.39 bits per heavy atom. The van der Waals surface area contributed by atoms with Crippen LogP contribution in [0, 0.1) is 5.92 Å². The fourth-order valence-electron chi connectivity index (χ4n) is 2.80. The van der Waals surface area contributed by atoms with Crippen LogP contribution in [-0.4, -0.2) is 61.5 Å². The molecule has 2 aliphatic rings. The van der Waals surface area contributed by atoms with Crippen LogP contribution in [0.4, 0.5) is 0 Å². The molecular weight excluding hydrogens is 228 g/mol. The van der Waals surface area contributed by atoms with Crippen molar-refractivity contribution in [2.45, 2.75) is 44.8 Å². The third-order valence-corrected chi connectivity index (χ3v) is 3.91. The van der Waals surface area contributed by atoms with Gasteiger partial charge >= 0.3 is 0 Å². The molecule has 2 unspecified atom stereocenters. The molecule has 0 amide bonds. The van der Waals surface area contributed by atoms with E-state index in [0.29, 0.717) is 13.2 Å². The summed E-state index contributed by atoms with van der Waals surface area (Å²) in [5.74, 6) is 0.763. The number of hydrogen-bond acceptors (Lipinski definition) is 4. The minimum Gasteiger partial charge on any atom is -0.389 e. The zero-order chi connectivity index (χ0) is 12.8. The van der Waals surface area contributed by atoms with Crippen molar-refractivity contribution in [2.75, 3.05) is 39.4 Å². The first-order chi connectivity index (χ1) is 8.79. The van der Waals surface area contributed by atoms with Gasteiger partial charge in [0.25, 0.3) is 0 Å². The molecule has 1 aliphatic heterocycles. The van der Waals surface area contributed by atoms with Gasteiger partial charge in [0.1, 0.15) is 0 Å². The molecule has 2 rings (SSSR count). The molecule has 2 N–H and O–H groups in total. The number of ether oxygens (including phenoxy) is 1. The molecule has 0 radical (unpaired) electrons. The summed E-state index contributed by atoms with van der Waals surface area (Å²) >= 11 is 0. The van der Waals surface area contributed by atoms with Crippen LogP contribution in [0.5, 0.6) is 0 Å². The molecule has 106 valence electrons. The summed E-state index contributed by atoms with van der Waals surface area (Å²) in [6.45, 7) is 7.37. The number of rotatable bonds is 8. The largest absolute Gasteiger partial charge is 0.389 e. The molecule has 1 saturated heterocycles. The highest BCUT2D eigenvalue weighted by Gasteiger charge is 2.31. The first-order valence-corrected chi connectivity index (χ1v) is 7.50. The van der Waals surface area contributed by atoms with E-state index >= 15 is 0 Å². The summed E-state index contributed by atoms with van der Waals surface area (Å²) in [5, 5.41) is 13.4. The van der Waals surface area contributed by atoms with Crippen molar-refractivity contribution in [3.05, 3.63) is 0 Å². The van der Waals surface area contributed by atoms with Crippen molar-refractivity contribution in [3.63, 3.8) is 0 Å². The average Bonchev–Trinajstić information content (AvgIpc) is 3.21. The van der Waals surface area contributed by atoms with Crippen molar-refractivity contribution in [1.29, 1.82) is 0 Å². The summed E-state index contributed by atoms with van der Waals surface area (Å²) in [4.78, 5) is 2.49. The van der Waals surface area contributed by atoms with Crippen molar-refractivity contribution < 1.29 is 9.84 Å². The van der Waals surface area contributed by atoms with Crippen LogP contribution in [0.3, 0.4) is 0 Å². The monoisotopic (exact) mass is 256 g/mol. The van der Waals surface area contributed by atoms with E-state index in [-0.39, 0.29) is 6.10 Å². The lowest BCUT2D eigenvalue weighted by molar-refractivity contribution is 0.0157. The highest BCUT2D eigenvalue weighted by atomic mass is 16.5. The Labute approximate surface area is 111 Å². The molecule has 0 aromatic heterocycles. The molecule has 0 bridgehead atoms. The Hall–Kier alpha value is -0.160. The van der Waals surface area contributed by atoms with Gasteiger partial charge in [0, 0.05) is 25.7 Å². The maximum absolute atomic E-state index is 9.97. The molecule has 1 heterocycles. The maximum Gasteiger partial charge on any atom is 0.0900 e. The first-order valence-electron chi connectivity index (χ1n) is 7.50. The smallest absolute Gasteiger partial charge is 0.0900 e. The van der Waals surface area contributed by atoms with Gasteiger partial charge in [0.15, 0.2) is 0 Å². The number of hydrogen-bond donors (Lipinski definition) is 2. The van der Waals surface area contributed by atoms with Gasteiger partial charge in [-0.25, -0.2) is 0 Å². The van der Waals surface area contributed by atoms with Gasteiger partial charge in [-0.05, 0) is 51.6 Å². The minimum absolute atomic E-state index is 0.331. The van der Waals surface area contributed by atoms with Crippen LogP contribution in [-0.2, 0) is 4.74 Å². The van der Waals surface area contributed by atoms with E-state index in [1.165, 1.54) is 32.2 Å². The molecule has 0 spiro atoms. The third-order valence-electron chi connectivity index (χ3n) is 3.91. The van der Waals surface area contributed by atoms with Crippen molar-refractivity contribution >= 4 is 0 Å². The lowest BCUT2D eigenvalue weighted by atomic mass is 9.99. The maximum atomic E-state index is 9.97. The predicted octanol–water partition coefficient (Wildman–Crippen LogP) is 0.848. The number of aliphatic hydroxyl groups is 1. The molecule has 1 aliphatic carbocycles. The topological polar surface area (TPSA) is 44.7 Å². The van der Waals surface area contributed by atoms with E-state index in [4.69, 9.17) is 4.74 Å². The molecule has 1 saturated carbocycles. The van der Waals surface area contributed by atoms with E-state index in [9.17, 15) is 5.11 Å². The van der Waals surface area contributed by atoms with E-state index in [0.717, 1.165) is 31.6 Å². The highest BCUT2D eigenvalue weighted by molar-refractivity contribution is 4.87. The average molecular weight is 256 g/mol. The first kappa shape index (κ1) is 14.3. The van der Waals surface area contributed by atoms with Gasteiger partial charge < -0.3 is 15.2 Å². The lowest BCUT2D eigenvalue weighted by Crippen LogP contribution is -2.43. The van der Waals surface area contributed by atoms with E-state index in [1.807, 2.05) is 6.92 Å². The second-order valence-electron chi connectivity index (χ2n) is 5.71. The van der Waals surface area contributed by atoms with E-state index < -0.39 is 0 Å². The third kappa shape index (κ3) is 4.84. The molecule has 18 heavy (non-hydrogen) atoms. The number of piperidine rings is 1. The van der Waals surface area contributed by atoms with Crippen LogP contribution in [0.2, 0.25) is 0 Å². The minimum atomic E-state index is -0.331. The van der Waals surface area contributed by atoms with Crippen LogP contribution in [0.15, 0.2) is 0 Å². The fraction of sp³-hybridized carbons (Fsp3) is 1.00. The second kappa shape index (κ2) is 7.43. The Kier molecular flexibility index (Phi) is 5.89. The van der Waals surface area contributed by atoms with E-state index in [2.05, 4.69) is 10.2 Å². The summed E-state index contributed by atoms with van der Waals surface area (Å²) in [7, 11) is 0. The van der Waals surface area contributed by atoms with Gasteiger partial charge in [0.2, 0.25) is 0 Å². The Morgan fingerprint density at radius 3 is 2.83 bits per heavy atom. The quantitative estimate of drug-likeness (QED) is 0.676. The Morgan fingerprint density at radius 2 is 2.22 bits per heavy atom. The lowest BCUT2D eigenvalue weighted by Gasteiger charge is -2.31. The number of aliphatic hydroxyl groups excluding tert-OH is 1. The van der Waals surface area contributed by atoms with Gasteiger partial charge in [-0.1, -0.05) is 0 Å². The molecule has 4 heteroatoms. The van der Waals surface area contributed by atoms with E-state index in [1.54, 1.807) is 0 Å². The van der Waals surface area contributed by atoms with Crippen molar-refractivity contribution in [1.82, 2.24) is 10.2 Å². The SMILES string of the molecule is CCOCC(O)CN(CC1CCCNC1)C1CC1. The zero-order valence-corrected chi connectivity index (χ0v) is 11.6. The predicted molar refractivity (Wildman–Crippen MR) is 72.7 cm³/mol. The Balaban J connectivity index is 1.72. The number of nitrogens with zero attached hydrogens (tertiary/aromatic N) is 1. The highest BCUT2D eigenvalue weighted by Crippen LogP contribution is 2.28. The molecule has 0 aromatic carbocycles. The molecule has 4 nitrogen and oxygen atoms in total.